The summed E-state index contributed by atoms with van der Waals surface area (Å²) in [5.74, 6) is 0.717. The molecule has 25 heavy (non-hydrogen) atoms. The van der Waals surface area contributed by atoms with Crippen LogP contribution in [0.1, 0.15) is 41.3 Å². The fourth-order valence-electron chi connectivity index (χ4n) is 2.80. The number of rotatable bonds is 7. The van der Waals surface area contributed by atoms with Crippen LogP contribution in [-0.2, 0) is 6.54 Å². The molecule has 5 heteroatoms. The van der Waals surface area contributed by atoms with Gasteiger partial charge >= 0.3 is 0 Å². The molecule has 4 nitrogen and oxygen atoms in total. The lowest BCUT2D eigenvalue weighted by Crippen LogP contribution is -2.32. The van der Waals surface area contributed by atoms with Gasteiger partial charge < -0.3 is 14.4 Å². The van der Waals surface area contributed by atoms with Crippen LogP contribution in [0.2, 0.25) is 0 Å². The number of carbonyl (C=O) groups excluding carboxylic acids is 2. The number of Topliss-reactive ketones (excluding diaryl/α,β-unsaturated/α-hetero) is 1. The molecule has 0 fully saturated rings. The fraction of sp³-hybridized carbons (Fsp3) is 0.300. The van der Waals surface area contributed by atoms with Gasteiger partial charge in [-0.2, -0.15) is 0 Å². The molecule has 2 radical (unpaired) electrons. The van der Waals surface area contributed by atoms with Gasteiger partial charge in [0.2, 0.25) is 0 Å². The summed E-state index contributed by atoms with van der Waals surface area (Å²) in [6, 6.07) is 15.6. The van der Waals surface area contributed by atoms with Gasteiger partial charge in [0.25, 0.3) is 16.3 Å². The van der Waals surface area contributed by atoms with E-state index in [1.54, 1.807) is 24.1 Å². The van der Waals surface area contributed by atoms with Crippen molar-refractivity contribution in [2.75, 3.05) is 13.7 Å². The second kappa shape index (κ2) is 8.85. The van der Waals surface area contributed by atoms with Crippen molar-refractivity contribution in [2.24, 2.45) is 0 Å². The number of hydrogen-bond donors (Lipinski definition) is 0. The Labute approximate surface area is 157 Å². The second-order valence-corrected chi connectivity index (χ2v) is 6.62. The van der Waals surface area contributed by atoms with Crippen LogP contribution in [-0.4, -0.2) is 45.4 Å². The molecule has 0 saturated carbocycles. The van der Waals surface area contributed by atoms with Gasteiger partial charge in [0.15, 0.2) is 5.78 Å². The quantitative estimate of drug-likeness (QED) is 0.563. The lowest BCUT2D eigenvalue weighted by molar-refractivity contribution is 0.101. The molecule has 0 saturated heterocycles. The highest BCUT2D eigenvalue weighted by Crippen LogP contribution is 2.23. The zero-order chi connectivity index (χ0) is 18.4. The third-order valence-corrected chi connectivity index (χ3v) is 4.56. The molecule has 128 valence electrons. The van der Waals surface area contributed by atoms with Crippen LogP contribution in [0, 0.1) is 0 Å². The molecule has 2 rings (SSSR count). The van der Waals surface area contributed by atoms with E-state index in [-0.39, 0.29) is 16.5 Å². The van der Waals surface area contributed by atoms with Gasteiger partial charge in [-0.3, -0.25) is 4.79 Å². The Morgan fingerprint density at radius 2 is 1.84 bits per heavy atom. The monoisotopic (exact) mass is 351 g/mol. The van der Waals surface area contributed by atoms with Gasteiger partial charge in [0.05, 0.1) is 17.4 Å². The largest absolute Gasteiger partial charge is 0.496 e. The number of hydrogen-bond acceptors (Lipinski definition) is 3. The average molecular weight is 351 g/mol. The molecule has 1 atom stereocenters. The van der Waals surface area contributed by atoms with Crippen LogP contribution < -0.4 is 4.74 Å². The summed E-state index contributed by atoms with van der Waals surface area (Å²) in [6.07, 6.45) is 0. The number of ketones is 1. The molecule has 0 bridgehead atoms. The van der Waals surface area contributed by atoms with Crippen molar-refractivity contribution in [3.05, 3.63) is 65.2 Å². The predicted molar refractivity (Wildman–Crippen MR) is 99.4 cm³/mol. The van der Waals surface area contributed by atoms with Crippen LogP contribution in [0.15, 0.2) is 48.5 Å². The minimum atomic E-state index is -0.0667. The molecular weight excluding hydrogens is 329 g/mol. The van der Waals surface area contributed by atoms with E-state index in [9.17, 15) is 9.59 Å². The van der Waals surface area contributed by atoms with Gasteiger partial charge in [0.1, 0.15) is 5.75 Å². The van der Waals surface area contributed by atoms with Gasteiger partial charge in [-0.25, -0.2) is 0 Å². The minimum Gasteiger partial charge on any atom is -0.496 e. The molecule has 1 unspecified atom stereocenters. The Hall–Kier alpha value is -2.09. The van der Waals surface area contributed by atoms with Crippen LogP contribution >= 0.6 is 0 Å². The molecule has 0 aromatic heterocycles. The van der Waals surface area contributed by atoms with Crippen molar-refractivity contribution >= 4 is 26.8 Å². The molecule has 0 N–H and O–H groups in total. The molecule has 0 aliphatic rings. The van der Waals surface area contributed by atoms with Crippen molar-refractivity contribution in [1.29, 1.82) is 0 Å². The number of ether oxygens (including phenoxy) is 1. The van der Waals surface area contributed by atoms with E-state index < -0.39 is 0 Å². The maximum atomic E-state index is 12.1. The highest BCUT2D eigenvalue weighted by molar-refractivity contribution is 6.56. The van der Waals surface area contributed by atoms with Gasteiger partial charge in [0, 0.05) is 13.1 Å². The lowest BCUT2D eigenvalue weighted by atomic mass is 10.0. The Kier molecular flexibility index (Phi) is 6.81. The zero-order valence-corrected chi connectivity index (χ0v) is 16.0. The van der Waals surface area contributed by atoms with E-state index in [0.29, 0.717) is 24.4 Å². The summed E-state index contributed by atoms with van der Waals surface area (Å²) < 4.78 is 5.16. The molecule has 1 amide bonds. The third kappa shape index (κ3) is 5.19. The molecule has 0 aliphatic heterocycles. The standard InChI is InChI=1S/C20H22NO3.Al/c1-15(18-7-5-4-6-8-18)12-21(14-22)13-17-9-10-20(24-3)19(11-17)16(2)23;/h4-11,15H,12-13H2,1-3H3;. The van der Waals surface area contributed by atoms with Crippen molar-refractivity contribution < 1.29 is 14.3 Å². The SMILES string of the molecule is COc1ccc(CN(CC(C)c2ccccc2)[C](=O)[Al])cc1C(C)=O. The second-order valence-electron chi connectivity index (χ2n) is 6.12. The normalized spacial score (nSPS) is 11.6. The molecule has 0 heterocycles. The zero-order valence-electron chi connectivity index (χ0n) is 14.9. The highest BCUT2D eigenvalue weighted by Gasteiger charge is 2.16. The predicted octanol–water partition coefficient (Wildman–Crippen LogP) is 3.79. The first-order valence-electron chi connectivity index (χ1n) is 8.19. The molecule has 0 spiro atoms. The van der Waals surface area contributed by atoms with E-state index in [1.165, 1.54) is 12.5 Å². The van der Waals surface area contributed by atoms with Crippen LogP contribution in [0.3, 0.4) is 0 Å². The lowest BCUT2D eigenvalue weighted by Gasteiger charge is -2.27. The van der Waals surface area contributed by atoms with Crippen molar-refractivity contribution in [3.8, 4) is 5.75 Å². The highest BCUT2D eigenvalue weighted by atomic mass is 27.0. The Morgan fingerprint density at radius 1 is 1.16 bits per heavy atom. The van der Waals surface area contributed by atoms with E-state index in [2.05, 4.69) is 35.3 Å². The minimum absolute atomic E-state index is 0.0555. The van der Waals surface area contributed by atoms with Crippen molar-refractivity contribution in [3.63, 3.8) is 0 Å². The molecule has 0 aliphatic carbocycles. The maximum absolute atomic E-state index is 12.1. The summed E-state index contributed by atoms with van der Waals surface area (Å²) in [6.45, 7) is 4.67. The van der Waals surface area contributed by atoms with E-state index >= 15 is 0 Å². The number of methoxy groups -OCH3 is 1. The van der Waals surface area contributed by atoms with Crippen molar-refractivity contribution in [2.45, 2.75) is 26.3 Å². The Bertz CT molecular complexity index is 746. The number of carbonyl (C=O) groups is 2. The van der Waals surface area contributed by atoms with Crippen LogP contribution in [0.25, 0.3) is 0 Å². The van der Waals surface area contributed by atoms with Crippen LogP contribution in [0.4, 0.5) is 4.79 Å². The number of benzene rings is 2. The first-order valence-corrected chi connectivity index (χ1v) is 8.77. The summed E-state index contributed by atoms with van der Waals surface area (Å²) in [5.41, 5.74) is 2.63. The molecule has 2 aromatic carbocycles. The molecule has 2 aromatic rings. The van der Waals surface area contributed by atoms with E-state index in [0.717, 1.165) is 5.56 Å². The van der Waals surface area contributed by atoms with E-state index in [1.807, 2.05) is 24.3 Å². The summed E-state index contributed by atoms with van der Waals surface area (Å²) in [7, 11) is 1.54. The topological polar surface area (TPSA) is 46.6 Å². The first kappa shape index (κ1) is 19.2. The summed E-state index contributed by atoms with van der Waals surface area (Å²) in [4.78, 5) is 25.6. The number of nitrogens with zero attached hydrogens (tertiary/aromatic N) is 1. The summed E-state index contributed by atoms with van der Waals surface area (Å²) >= 11 is 2.24. The van der Waals surface area contributed by atoms with Gasteiger partial charge in [-0.1, -0.05) is 43.3 Å². The fourth-order valence-corrected chi connectivity index (χ4v) is 3.00. The van der Waals surface area contributed by atoms with Crippen LogP contribution in [0.5, 0.6) is 5.75 Å². The van der Waals surface area contributed by atoms with Gasteiger partial charge in [-0.05, 0) is 36.1 Å². The smallest absolute Gasteiger partial charge is 0.281 e. The Morgan fingerprint density at radius 3 is 2.40 bits per heavy atom. The Balaban J connectivity index is 2.18. The maximum Gasteiger partial charge on any atom is 0.281 e. The van der Waals surface area contributed by atoms with E-state index in [4.69, 9.17) is 4.74 Å². The average Bonchev–Trinajstić information content (AvgIpc) is 2.61. The van der Waals surface area contributed by atoms with Crippen molar-refractivity contribution in [1.82, 2.24) is 4.90 Å². The first-order chi connectivity index (χ1) is 11.9. The molecular formula is C20H22AlNO3. The van der Waals surface area contributed by atoms with Gasteiger partial charge in [-0.15, -0.1) is 0 Å². The number of amides is 1. The third-order valence-electron chi connectivity index (χ3n) is 4.19. The summed E-state index contributed by atoms with van der Waals surface area (Å²) in [5, 5.41) is 0.